The first kappa shape index (κ1) is 14.3. The van der Waals surface area contributed by atoms with Crippen LogP contribution in [0.2, 0.25) is 0 Å². The summed E-state index contributed by atoms with van der Waals surface area (Å²) >= 11 is 0. The van der Waals surface area contributed by atoms with E-state index in [2.05, 4.69) is 10.6 Å². The molecule has 0 saturated carbocycles. The third-order valence-electron chi connectivity index (χ3n) is 3.79. The van der Waals surface area contributed by atoms with Crippen LogP contribution in [-0.2, 0) is 9.53 Å². The molecule has 1 aromatic rings. The first-order valence-electron chi connectivity index (χ1n) is 7.26. The zero-order chi connectivity index (χ0) is 14.7. The second-order valence-corrected chi connectivity index (χ2v) is 5.35. The largest absolute Gasteiger partial charge is 0.490 e. The van der Waals surface area contributed by atoms with Gasteiger partial charge in [0.05, 0.1) is 25.9 Å². The Morgan fingerprint density at radius 1 is 1.43 bits per heavy atom. The van der Waals surface area contributed by atoms with Crippen LogP contribution >= 0.6 is 0 Å². The maximum absolute atomic E-state index is 13.7. The van der Waals surface area contributed by atoms with Crippen LogP contribution < -0.4 is 15.4 Å². The van der Waals surface area contributed by atoms with Crippen molar-refractivity contribution in [3.63, 3.8) is 0 Å². The summed E-state index contributed by atoms with van der Waals surface area (Å²) < 4.78 is 24.4. The average Bonchev–Trinajstić information content (AvgIpc) is 2.49. The highest BCUT2D eigenvalue weighted by atomic mass is 19.1. The summed E-state index contributed by atoms with van der Waals surface area (Å²) in [6.07, 6.45) is 1.01. The van der Waals surface area contributed by atoms with Crippen LogP contribution in [0.3, 0.4) is 0 Å². The molecule has 1 unspecified atom stereocenters. The Labute approximate surface area is 122 Å². The molecular formula is C15H19FN2O3. The molecule has 2 atom stereocenters. The molecule has 5 nitrogen and oxygen atoms in total. The normalized spacial score (nSPS) is 24.8. The monoisotopic (exact) mass is 294 g/mol. The number of amides is 1. The number of rotatable bonds is 3. The molecule has 0 bridgehead atoms. The Kier molecular flexibility index (Phi) is 4.36. The third-order valence-corrected chi connectivity index (χ3v) is 3.79. The molecule has 2 aliphatic heterocycles. The number of ether oxygens (including phenoxy) is 2. The maximum Gasteiger partial charge on any atom is 0.222 e. The highest BCUT2D eigenvalue weighted by Crippen LogP contribution is 2.33. The zero-order valence-corrected chi connectivity index (χ0v) is 11.7. The number of fused-ring (bicyclic) bond motifs is 1. The lowest BCUT2D eigenvalue weighted by molar-refractivity contribution is -0.123. The van der Waals surface area contributed by atoms with Crippen LogP contribution in [0, 0.1) is 5.82 Å². The maximum atomic E-state index is 13.7. The van der Waals surface area contributed by atoms with Crippen molar-refractivity contribution in [1.29, 1.82) is 0 Å². The molecule has 3 rings (SSSR count). The molecule has 0 aliphatic carbocycles. The number of carbonyl (C=O) groups excluding carboxylic acids is 1. The first-order chi connectivity index (χ1) is 10.2. The van der Waals surface area contributed by atoms with Crippen molar-refractivity contribution in [3.05, 3.63) is 29.6 Å². The molecule has 2 aliphatic rings. The SMILES string of the molecule is O=C(CC1COCCN1)N[C@@H]1CCOc2c(F)cccc21. The van der Waals surface area contributed by atoms with E-state index in [9.17, 15) is 9.18 Å². The van der Waals surface area contributed by atoms with Crippen LogP contribution in [0.1, 0.15) is 24.4 Å². The summed E-state index contributed by atoms with van der Waals surface area (Å²) in [7, 11) is 0. The second-order valence-electron chi connectivity index (χ2n) is 5.35. The molecule has 0 spiro atoms. The summed E-state index contributed by atoms with van der Waals surface area (Å²) in [5.74, 6) is -0.179. The van der Waals surface area contributed by atoms with E-state index in [0.29, 0.717) is 38.2 Å². The van der Waals surface area contributed by atoms with Gasteiger partial charge in [0, 0.05) is 31.0 Å². The molecule has 21 heavy (non-hydrogen) atoms. The lowest BCUT2D eigenvalue weighted by atomic mass is 10.00. The molecule has 6 heteroatoms. The van der Waals surface area contributed by atoms with Crippen molar-refractivity contribution in [2.75, 3.05) is 26.4 Å². The molecule has 0 aromatic heterocycles. The van der Waals surface area contributed by atoms with Gasteiger partial charge in [-0.1, -0.05) is 12.1 Å². The average molecular weight is 294 g/mol. The van der Waals surface area contributed by atoms with Crippen molar-refractivity contribution < 1.29 is 18.7 Å². The number of hydrogen-bond acceptors (Lipinski definition) is 4. The molecule has 2 N–H and O–H groups in total. The smallest absolute Gasteiger partial charge is 0.222 e. The fourth-order valence-electron chi connectivity index (χ4n) is 2.76. The predicted molar refractivity (Wildman–Crippen MR) is 74.6 cm³/mol. The molecule has 1 amide bonds. The van der Waals surface area contributed by atoms with Gasteiger partial charge in [-0.3, -0.25) is 4.79 Å². The van der Waals surface area contributed by atoms with Gasteiger partial charge in [-0.25, -0.2) is 4.39 Å². The van der Waals surface area contributed by atoms with Crippen LogP contribution in [0.4, 0.5) is 4.39 Å². The molecule has 114 valence electrons. The lowest BCUT2D eigenvalue weighted by Gasteiger charge is -2.28. The van der Waals surface area contributed by atoms with Gasteiger partial charge in [0.1, 0.15) is 0 Å². The van der Waals surface area contributed by atoms with E-state index in [4.69, 9.17) is 9.47 Å². The molecule has 1 aromatic carbocycles. The number of halogens is 1. The molecule has 0 radical (unpaired) electrons. The lowest BCUT2D eigenvalue weighted by Crippen LogP contribution is -2.45. The minimum Gasteiger partial charge on any atom is -0.490 e. The Morgan fingerprint density at radius 2 is 2.33 bits per heavy atom. The Bertz CT molecular complexity index is 518. The topological polar surface area (TPSA) is 59.6 Å². The van der Waals surface area contributed by atoms with E-state index in [1.807, 2.05) is 0 Å². The van der Waals surface area contributed by atoms with Gasteiger partial charge >= 0.3 is 0 Å². The summed E-state index contributed by atoms with van der Waals surface area (Å²) in [6.45, 7) is 2.41. The predicted octanol–water partition coefficient (Wildman–Crippen LogP) is 1.14. The van der Waals surface area contributed by atoms with Gasteiger partial charge < -0.3 is 20.1 Å². The number of carbonyl (C=O) groups is 1. The Hall–Kier alpha value is -1.66. The van der Waals surface area contributed by atoms with Crippen molar-refractivity contribution >= 4 is 5.91 Å². The summed E-state index contributed by atoms with van der Waals surface area (Å²) in [5.41, 5.74) is 0.711. The van der Waals surface area contributed by atoms with Gasteiger partial charge in [0.15, 0.2) is 11.6 Å². The Morgan fingerprint density at radius 3 is 3.14 bits per heavy atom. The fraction of sp³-hybridized carbons (Fsp3) is 0.533. The number of morpholine rings is 1. The number of benzene rings is 1. The van der Waals surface area contributed by atoms with Gasteiger partial charge in [0.2, 0.25) is 5.91 Å². The van der Waals surface area contributed by atoms with Gasteiger partial charge in [0.25, 0.3) is 0 Å². The Balaban J connectivity index is 1.63. The molecule has 2 heterocycles. The zero-order valence-electron chi connectivity index (χ0n) is 11.7. The highest BCUT2D eigenvalue weighted by molar-refractivity contribution is 5.77. The van der Waals surface area contributed by atoms with Crippen molar-refractivity contribution in [3.8, 4) is 5.75 Å². The van der Waals surface area contributed by atoms with E-state index in [1.165, 1.54) is 6.07 Å². The number of hydrogen-bond donors (Lipinski definition) is 2. The summed E-state index contributed by atoms with van der Waals surface area (Å²) in [5, 5.41) is 6.21. The highest BCUT2D eigenvalue weighted by Gasteiger charge is 2.26. The second kappa shape index (κ2) is 6.41. The van der Waals surface area contributed by atoms with E-state index >= 15 is 0 Å². The summed E-state index contributed by atoms with van der Waals surface area (Å²) in [4.78, 5) is 12.1. The molecule has 1 fully saturated rings. The van der Waals surface area contributed by atoms with Crippen molar-refractivity contribution in [2.24, 2.45) is 0 Å². The van der Waals surface area contributed by atoms with Crippen LogP contribution in [-0.4, -0.2) is 38.3 Å². The van der Waals surface area contributed by atoms with Gasteiger partial charge in [-0.05, 0) is 6.07 Å². The number of nitrogens with one attached hydrogen (secondary N) is 2. The standard InChI is InChI=1S/C15H19FN2O3/c16-12-3-1-2-11-13(4-6-21-15(11)12)18-14(19)8-10-9-20-7-5-17-10/h1-3,10,13,17H,4-9H2,(H,18,19)/t10?,13-/m1/s1. The molecular weight excluding hydrogens is 275 g/mol. The van der Waals surface area contributed by atoms with Crippen molar-refractivity contribution in [2.45, 2.75) is 24.9 Å². The minimum absolute atomic E-state index is 0.0468. The quantitative estimate of drug-likeness (QED) is 0.878. The third kappa shape index (κ3) is 3.33. The van der Waals surface area contributed by atoms with Gasteiger partial charge in [-0.2, -0.15) is 0 Å². The number of para-hydroxylation sites is 1. The van der Waals surface area contributed by atoms with Crippen LogP contribution in [0.5, 0.6) is 5.75 Å². The van der Waals surface area contributed by atoms with Gasteiger partial charge in [-0.15, -0.1) is 0 Å². The first-order valence-corrected chi connectivity index (χ1v) is 7.26. The van der Waals surface area contributed by atoms with E-state index in [0.717, 1.165) is 6.54 Å². The van der Waals surface area contributed by atoms with Crippen molar-refractivity contribution in [1.82, 2.24) is 10.6 Å². The van der Waals surface area contributed by atoms with Crippen LogP contribution in [0.25, 0.3) is 0 Å². The summed E-state index contributed by atoms with van der Waals surface area (Å²) in [6, 6.07) is 4.65. The minimum atomic E-state index is -0.381. The van der Waals surface area contributed by atoms with Crippen LogP contribution in [0.15, 0.2) is 18.2 Å². The molecule has 1 saturated heterocycles. The fourth-order valence-corrected chi connectivity index (χ4v) is 2.76. The van der Waals surface area contributed by atoms with E-state index in [1.54, 1.807) is 12.1 Å². The van der Waals surface area contributed by atoms with E-state index in [-0.39, 0.29) is 29.6 Å². The van der Waals surface area contributed by atoms with E-state index < -0.39 is 0 Å².